The molecule has 0 unspecified atom stereocenters. The number of ether oxygens (including phenoxy) is 1. The van der Waals surface area contributed by atoms with Gasteiger partial charge in [0.25, 0.3) is 5.91 Å². The van der Waals surface area contributed by atoms with E-state index in [1.807, 2.05) is 6.07 Å². The number of hydrogen-bond acceptors (Lipinski definition) is 6. The van der Waals surface area contributed by atoms with Gasteiger partial charge in [0, 0.05) is 24.0 Å². The normalized spacial score (nSPS) is 10.8. The van der Waals surface area contributed by atoms with E-state index in [4.69, 9.17) is 10.00 Å². The van der Waals surface area contributed by atoms with Crippen molar-refractivity contribution >= 4 is 21.6 Å². The number of aromatic nitrogens is 1. The van der Waals surface area contributed by atoms with Crippen molar-refractivity contribution in [3.05, 3.63) is 90.1 Å². The van der Waals surface area contributed by atoms with Gasteiger partial charge in [0.05, 0.1) is 4.90 Å². The van der Waals surface area contributed by atoms with Gasteiger partial charge >= 0.3 is 0 Å². The highest BCUT2D eigenvalue weighted by Gasteiger charge is 2.15. The lowest BCUT2D eigenvalue weighted by Gasteiger charge is -2.12. The molecule has 2 N–H and O–H groups in total. The first-order valence-corrected chi connectivity index (χ1v) is 11.0. The van der Waals surface area contributed by atoms with Gasteiger partial charge in [-0.2, -0.15) is 5.26 Å². The highest BCUT2D eigenvalue weighted by molar-refractivity contribution is 7.89. The average Bonchev–Trinajstić information content (AvgIpc) is 2.80. The predicted molar refractivity (Wildman–Crippen MR) is 120 cm³/mol. The Morgan fingerprint density at radius 2 is 1.97 bits per heavy atom. The molecule has 1 amide bonds. The topological polar surface area (TPSA) is 121 Å². The molecule has 0 aliphatic rings. The zero-order chi connectivity index (χ0) is 23.1. The molecule has 2 aromatic carbocycles. The Labute approximate surface area is 186 Å². The van der Waals surface area contributed by atoms with E-state index in [1.54, 1.807) is 37.3 Å². The highest BCUT2D eigenvalue weighted by Crippen LogP contribution is 2.27. The zero-order valence-electron chi connectivity index (χ0n) is 17.2. The van der Waals surface area contributed by atoms with Crippen molar-refractivity contribution in [3.63, 3.8) is 0 Å². The summed E-state index contributed by atoms with van der Waals surface area (Å²) < 4.78 is 32.3. The van der Waals surface area contributed by atoms with E-state index in [1.165, 1.54) is 36.5 Å². The van der Waals surface area contributed by atoms with Crippen molar-refractivity contribution in [2.75, 3.05) is 11.9 Å². The van der Waals surface area contributed by atoms with Gasteiger partial charge in [0.1, 0.15) is 17.4 Å². The number of amides is 1. The van der Waals surface area contributed by atoms with E-state index in [9.17, 15) is 13.2 Å². The number of anilines is 1. The van der Waals surface area contributed by atoms with E-state index in [-0.39, 0.29) is 23.2 Å². The van der Waals surface area contributed by atoms with E-state index < -0.39 is 10.0 Å². The Bertz CT molecular complexity index is 1300. The molecule has 3 rings (SSSR count). The maximum Gasteiger partial charge on any atom is 0.255 e. The third-order valence-corrected chi connectivity index (χ3v) is 5.84. The van der Waals surface area contributed by atoms with E-state index >= 15 is 0 Å². The molecule has 32 heavy (non-hydrogen) atoms. The summed E-state index contributed by atoms with van der Waals surface area (Å²) in [6, 6.07) is 15.9. The van der Waals surface area contributed by atoms with Crippen molar-refractivity contribution in [2.45, 2.75) is 11.8 Å². The monoisotopic (exact) mass is 448 g/mol. The second-order valence-corrected chi connectivity index (χ2v) is 8.43. The molecule has 0 bridgehead atoms. The van der Waals surface area contributed by atoms with Gasteiger partial charge in [-0.3, -0.25) is 4.79 Å². The van der Waals surface area contributed by atoms with E-state index in [0.717, 1.165) is 5.56 Å². The summed E-state index contributed by atoms with van der Waals surface area (Å²) in [6.07, 6.45) is 2.97. The van der Waals surface area contributed by atoms with Crippen LogP contribution in [-0.2, 0) is 10.0 Å². The standard InChI is InChI=1S/C23H20N4O4S/c1-3-12-26-32(29,30)20-9-6-17(7-10-20)22(28)27-21-11-8-19(14-16(21)2)31-23-18(15-24)5-4-13-25-23/h3-11,13-14,26H,1,12H2,2H3,(H,27,28). The Kier molecular flexibility index (Phi) is 7.00. The number of aryl methyl sites for hydroxylation is 1. The third kappa shape index (κ3) is 5.37. The summed E-state index contributed by atoms with van der Waals surface area (Å²) in [5.74, 6) is 0.280. The SMILES string of the molecule is C=CCNS(=O)(=O)c1ccc(C(=O)Nc2ccc(Oc3ncccc3C#N)cc2C)cc1. The van der Waals surface area contributed by atoms with Crippen LogP contribution in [-0.4, -0.2) is 25.9 Å². The fourth-order valence-corrected chi connectivity index (χ4v) is 3.74. The summed E-state index contributed by atoms with van der Waals surface area (Å²) in [5.41, 5.74) is 1.92. The molecule has 0 aliphatic heterocycles. The molecular formula is C23H20N4O4S. The second-order valence-electron chi connectivity index (χ2n) is 6.67. The van der Waals surface area contributed by atoms with Gasteiger partial charge in [-0.25, -0.2) is 18.1 Å². The summed E-state index contributed by atoms with van der Waals surface area (Å²) in [7, 11) is -3.66. The second kappa shape index (κ2) is 9.87. The predicted octanol–water partition coefficient (Wildman–Crippen LogP) is 3.77. The van der Waals surface area contributed by atoms with Crippen LogP contribution in [0.1, 0.15) is 21.5 Å². The molecule has 3 aromatic rings. The molecule has 8 nitrogen and oxygen atoms in total. The Balaban J connectivity index is 1.71. The van der Waals surface area contributed by atoms with Crippen molar-refractivity contribution in [1.82, 2.24) is 9.71 Å². The number of rotatable bonds is 8. The summed E-state index contributed by atoms with van der Waals surface area (Å²) in [6.45, 7) is 5.38. The number of carbonyl (C=O) groups is 1. The number of pyridine rings is 1. The first-order valence-electron chi connectivity index (χ1n) is 9.49. The fourth-order valence-electron chi connectivity index (χ4n) is 2.74. The van der Waals surface area contributed by atoms with Crippen LogP contribution < -0.4 is 14.8 Å². The third-order valence-electron chi connectivity index (χ3n) is 4.40. The van der Waals surface area contributed by atoms with Gasteiger partial charge in [0.15, 0.2) is 0 Å². The van der Waals surface area contributed by atoms with Gasteiger partial charge in [-0.15, -0.1) is 6.58 Å². The van der Waals surface area contributed by atoms with E-state index in [0.29, 0.717) is 22.6 Å². The first kappa shape index (κ1) is 22.7. The zero-order valence-corrected chi connectivity index (χ0v) is 18.0. The van der Waals surface area contributed by atoms with Crippen molar-refractivity contribution < 1.29 is 17.9 Å². The van der Waals surface area contributed by atoms with Gasteiger partial charge in [-0.1, -0.05) is 6.08 Å². The maximum atomic E-state index is 12.6. The highest BCUT2D eigenvalue weighted by atomic mass is 32.2. The minimum Gasteiger partial charge on any atom is -0.438 e. The van der Waals surface area contributed by atoms with Gasteiger partial charge in [0.2, 0.25) is 15.9 Å². The van der Waals surface area contributed by atoms with Crippen LogP contribution in [0.2, 0.25) is 0 Å². The Hall–Kier alpha value is -4.00. The number of benzene rings is 2. The molecule has 0 saturated carbocycles. The summed E-state index contributed by atoms with van der Waals surface area (Å²) in [4.78, 5) is 16.7. The minimum atomic E-state index is -3.66. The number of nitrogens with zero attached hydrogens (tertiary/aromatic N) is 2. The quantitative estimate of drug-likeness (QED) is 0.506. The molecule has 0 spiro atoms. The summed E-state index contributed by atoms with van der Waals surface area (Å²) >= 11 is 0. The molecular weight excluding hydrogens is 428 g/mol. The fraction of sp³-hybridized carbons (Fsp3) is 0.0870. The average molecular weight is 449 g/mol. The Morgan fingerprint density at radius 1 is 1.22 bits per heavy atom. The molecule has 1 aromatic heterocycles. The number of sulfonamides is 1. The number of carbonyl (C=O) groups excluding carboxylic acids is 1. The molecule has 0 saturated heterocycles. The maximum absolute atomic E-state index is 12.6. The molecule has 9 heteroatoms. The van der Waals surface area contributed by atoms with Crippen LogP contribution in [0.25, 0.3) is 0 Å². The van der Waals surface area contributed by atoms with Crippen LogP contribution in [0.4, 0.5) is 5.69 Å². The lowest BCUT2D eigenvalue weighted by Crippen LogP contribution is -2.23. The van der Waals surface area contributed by atoms with Crippen molar-refractivity contribution in [2.24, 2.45) is 0 Å². The van der Waals surface area contributed by atoms with Gasteiger partial charge in [-0.05, 0) is 67.1 Å². The van der Waals surface area contributed by atoms with E-state index in [2.05, 4.69) is 21.6 Å². The number of nitriles is 1. The van der Waals surface area contributed by atoms with Crippen LogP contribution in [0.3, 0.4) is 0 Å². The van der Waals surface area contributed by atoms with Crippen LogP contribution in [0.15, 0.2) is 78.3 Å². The first-order chi connectivity index (χ1) is 15.3. The molecule has 0 atom stereocenters. The van der Waals surface area contributed by atoms with Crippen LogP contribution >= 0.6 is 0 Å². The van der Waals surface area contributed by atoms with Crippen LogP contribution in [0, 0.1) is 18.3 Å². The molecule has 162 valence electrons. The van der Waals surface area contributed by atoms with Crippen molar-refractivity contribution in [1.29, 1.82) is 5.26 Å². The minimum absolute atomic E-state index is 0.0554. The lowest BCUT2D eigenvalue weighted by molar-refractivity contribution is 0.102. The molecule has 0 radical (unpaired) electrons. The lowest BCUT2D eigenvalue weighted by atomic mass is 10.1. The van der Waals surface area contributed by atoms with Gasteiger partial charge < -0.3 is 10.1 Å². The molecule has 1 heterocycles. The number of nitrogens with one attached hydrogen (secondary N) is 2. The molecule has 0 fully saturated rings. The van der Waals surface area contributed by atoms with Crippen LogP contribution in [0.5, 0.6) is 11.6 Å². The largest absolute Gasteiger partial charge is 0.438 e. The Morgan fingerprint density at radius 3 is 2.62 bits per heavy atom. The molecule has 0 aliphatic carbocycles. The number of hydrogen-bond donors (Lipinski definition) is 2. The van der Waals surface area contributed by atoms with Crippen molar-refractivity contribution in [3.8, 4) is 17.7 Å². The summed E-state index contributed by atoms with van der Waals surface area (Å²) in [5, 5.41) is 11.9. The smallest absolute Gasteiger partial charge is 0.255 e.